The summed E-state index contributed by atoms with van der Waals surface area (Å²) in [6.07, 6.45) is 8.08. The van der Waals surface area contributed by atoms with Crippen molar-refractivity contribution in [3.8, 4) is 0 Å². The van der Waals surface area contributed by atoms with Crippen LogP contribution in [0.15, 0.2) is 30.7 Å². The molecule has 0 unspecified atom stereocenters. The van der Waals surface area contributed by atoms with Gasteiger partial charge in [0, 0.05) is 69.1 Å². The van der Waals surface area contributed by atoms with Crippen molar-refractivity contribution in [2.75, 3.05) is 24.5 Å². The zero-order valence-corrected chi connectivity index (χ0v) is 14.9. The molecule has 132 valence electrons. The molecule has 5 heterocycles. The van der Waals surface area contributed by atoms with Crippen LogP contribution in [0.1, 0.15) is 35.8 Å². The van der Waals surface area contributed by atoms with Gasteiger partial charge in [-0.05, 0) is 37.8 Å². The molecule has 2 bridgehead atoms. The van der Waals surface area contributed by atoms with Gasteiger partial charge < -0.3 is 9.47 Å². The van der Waals surface area contributed by atoms with Gasteiger partial charge in [-0.2, -0.15) is 0 Å². The van der Waals surface area contributed by atoms with E-state index in [4.69, 9.17) is 0 Å². The van der Waals surface area contributed by atoms with E-state index in [0.29, 0.717) is 12.0 Å². The fourth-order valence-electron chi connectivity index (χ4n) is 4.16. The van der Waals surface area contributed by atoms with Gasteiger partial charge in [-0.1, -0.05) is 0 Å². The Morgan fingerprint density at radius 2 is 2.00 bits per heavy atom. The summed E-state index contributed by atoms with van der Waals surface area (Å²) in [6, 6.07) is 4.42. The predicted molar refractivity (Wildman–Crippen MR) is 96.6 cm³/mol. The molecule has 5 rings (SSSR count). The molecule has 2 aromatic heterocycles. The first-order valence-corrected chi connectivity index (χ1v) is 9.02. The molecule has 2 atom stereocenters. The highest BCUT2D eigenvalue weighted by atomic mass is 16.1. The van der Waals surface area contributed by atoms with E-state index in [9.17, 15) is 4.79 Å². The molecule has 0 aromatic carbocycles. The Bertz CT molecular complexity index is 756. The number of carbonyl (C=O) groups excluding carboxylic acids is 1. The van der Waals surface area contributed by atoms with E-state index in [-0.39, 0.29) is 5.78 Å². The monoisotopic (exact) mass is 339 g/mol. The van der Waals surface area contributed by atoms with Crippen LogP contribution in [-0.2, 0) is 13.6 Å². The van der Waals surface area contributed by atoms with Crippen LogP contribution in [0, 0.1) is 5.92 Å². The number of piperidine rings is 1. The molecule has 0 saturated carbocycles. The van der Waals surface area contributed by atoms with Crippen LogP contribution in [0.3, 0.4) is 0 Å². The summed E-state index contributed by atoms with van der Waals surface area (Å²) in [5.41, 5.74) is 2.01. The van der Waals surface area contributed by atoms with Crippen molar-refractivity contribution in [1.82, 2.24) is 19.4 Å². The van der Waals surface area contributed by atoms with E-state index in [2.05, 4.69) is 24.3 Å². The van der Waals surface area contributed by atoms with Gasteiger partial charge in [-0.25, -0.2) is 9.97 Å². The maximum absolute atomic E-state index is 11.6. The van der Waals surface area contributed by atoms with Gasteiger partial charge in [-0.3, -0.25) is 9.69 Å². The van der Waals surface area contributed by atoms with Gasteiger partial charge in [-0.15, -0.1) is 0 Å². The van der Waals surface area contributed by atoms with E-state index in [1.165, 1.54) is 18.5 Å². The lowest BCUT2D eigenvalue weighted by atomic mass is 9.95. The third-order valence-electron chi connectivity index (χ3n) is 5.54. The van der Waals surface area contributed by atoms with Crippen LogP contribution in [0.4, 0.5) is 5.95 Å². The minimum atomic E-state index is 0.131. The van der Waals surface area contributed by atoms with Crippen LogP contribution < -0.4 is 4.90 Å². The number of carbonyl (C=O) groups is 1. The predicted octanol–water partition coefficient (Wildman–Crippen LogP) is 2.12. The lowest BCUT2D eigenvalue weighted by Crippen LogP contribution is -2.43. The zero-order chi connectivity index (χ0) is 17.4. The SMILES string of the molecule is CC(=O)c1cc(CN2C[C@H]3CC[C@@H]2CN(c2ncccn2)C3)n(C)c1. The molecule has 3 fully saturated rings. The van der Waals surface area contributed by atoms with Gasteiger partial charge in [0.2, 0.25) is 5.95 Å². The Morgan fingerprint density at radius 1 is 1.20 bits per heavy atom. The van der Waals surface area contributed by atoms with Crippen LogP contribution in [0.2, 0.25) is 0 Å². The van der Waals surface area contributed by atoms with E-state index >= 15 is 0 Å². The molecule has 0 spiro atoms. The molecule has 25 heavy (non-hydrogen) atoms. The Kier molecular flexibility index (Phi) is 4.29. The van der Waals surface area contributed by atoms with Crippen molar-refractivity contribution in [2.24, 2.45) is 13.0 Å². The molecule has 3 saturated heterocycles. The van der Waals surface area contributed by atoms with E-state index in [1.807, 2.05) is 37.8 Å². The lowest BCUT2D eigenvalue weighted by Gasteiger charge is -2.36. The molecule has 0 radical (unpaired) electrons. The summed E-state index contributed by atoms with van der Waals surface area (Å²) in [5, 5.41) is 0. The number of rotatable bonds is 4. The van der Waals surface area contributed by atoms with Crippen molar-refractivity contribution in [1.29, 1.82) is 0 Å². The number of anilines is 1. The summed E-state index contributed by atoms with van der Waals surface area (Å²) < 4.78 is 2.09. The van der Waals surface area contributed by atoms with Gasteiger partial charge in [0.1, 0.15) is 0 Å². The number of Topliss-reactive ketones (excluding diaryl/α,β-unsaturated/α-hetero) is 1. The minimum Gasteiger partial charge on any atom is -0.353 e. The summed E-state index contributed by atoms with van der Waals surface area (Å²) in [4.78, 5) is 25.4. The highest BCUT2D eigenvalue weighted by Gasteiger charge is 2.35. The number of ketones is 1. The summed E-state index contributed by atoms with van der Waals surface area (Å²) >= 11 is 0. The maximum atomic E-state index is 11.6. The zero-order valence-electron chi connectivity index (χ0n) is 14.9. The van der Waals surface area contributed by atoms with E-state index in [1.54, 1.807) is 6.92 Å². The molecule has 3 aliphatic heterocycles. The van der Waals surface area contributed by atoms with Crippen molar-refractivity contribution < 1.29 is 4.79 Å². The lowest BCUT2D eigenvalue weighted by molar-refractivity contribution is 0.101. The van der Waals surface area contributed by atoms with Gasteiger partial charge in [0.15, 0.2) is 5.78 Å². The van der Waals surface area contributed by atoms with E-state index in [0.717, 1.165) is 37.7 Å². The van der Waals surface area contributed by atoms with Crippen molar-refractivity contribution in [3.63, 3.8) is 0 Å². The molecule has 6 nitrogen and oxygen atoms in total. The second-order valence-electron chi connectivity index (χ2n) is 7.37. The second kappa shape index (κ2) is 6.59. The van der Waals surface area contributed by atoms with Crippen molar-refractivity contribution in [2.45, 2.75) is 32.4 Å². The molecule has 0 N–H and O–H groups in total. The van der Waals surface area contributed by atoms with Gasteiger partial charge >= 0.3 is 0 Å². The quantitative estimate of drug-likeness (QED) is 0.799. The van der Waals surface area contributed by atoms with Crippen molar-refractivity contribution in [3.05, 3.63) is 42.0 Å². The normalized spacial score (nSPS) is 23.7. The number of hydrogen-bond donors (Lipinski definition) is 0. The Labute approximate surface area is 148 Å². The van der Waals surface area contributed by atoms with Crippen molar-refractivity contribution >= 4 is 11.7 Å². The standard InChI is InChI=1S/C19H25N5O/c1-14(25)16-8-18(22(2)11-16)13-23-9-15-4-5-17(23)12-24(10-15)19-20-6-3-7-21-19/h3,6-8,11,15,17H,4-5,9-10,12-13H2,1-2H3/t15-,17-/m1/s1. The number of aromatic nitrogens is 3. The summed E-state index contributed by atoms with van der Waals surface area (Å²) in [5.74, 6) is 1.63. The Morgan fingerprint density at radius 3 is 2.72 bits per heavy atom. The van der Waals surface area contributed by atoms with Crippen LogP contribution >= 0.6 is 0 Å². The maximum Gasteiger partial charge on any atom is 0.225 e. The fourth-order valence-corrected chi connectivity index (χ4v) is 4.16. The number of nitrogens with zero attached hydrogens (tertiary/aromatic N) is 5. The molecule has 3 aliphatic rings. The second-order valence-corrected chi connectivity index (χ2v) is 7.37. The third-order valence-corrected chi connectivity index (χ3v) is 5.54. The molecule has 6 heteroatoms. The molecule has 0 amide bonds. The minimum absolute atomic E-state index is 0.131. The molecular formula is C19H25N5O. The number of hydrogen-bond acceptors (Lipinski definition) is 5. The topological polar surface area (TPSA) is 54.3 Å². The smallest absolute Gasteiger partial charge is 0.225 e. The average Bonchev–Trinajstić information content (AvgIpc) is 2.79. The van der Waals surface area contributed by atoms with Gasteiger partial charge in [0.05, 0.1) is 0 Å². The van der Waals surface area contributed by atoms with Crippen LogP contribution in [0.25, 0.3) is 0 Å². The number of fused-ring (bicyclic) bond motifs is 4. The summed E-state index contributed by atoms with van der Waals surface area (Å²) in [7, 11) is 2.03. The Balaban J connectivity index is 1.52. The number of aryl methyl sites for hydroxylation is 1. The molecular weight excluding hydrogens is 314 g/mol. The highest BCUT2D eigenvalue weighted by Crippen LogP contribution is 2.30. The first kappa shape index (κ1) is 16.3. The van der Waals surface area contributed by atoms with E-state index < -0.39 is 0 Å². The van der Waals surface area contributed by atoms with Gasteiger partial charge in [0.25, 0.3) is 0 Å². The fraction of sp³-hybridized carbons (Fsp3) is 0.526. The highest BCUT2D eigenvalue weighted by molar-refractivity contribution is 5.94. The third kappa shape index (κ3) is 3.31. The molecule has 0 aliphatic carbocycles. The first-order valence-electron chi connectivity index (χ1n) is 9.02. The largest absolute Gasteiger partial charge is 0.353 e. The van der Waals surface area contributed by atoms with Crippen LogP contribution in [-0.4, -0.2) is 50.9 Å². The Hall–Kier alpha value is -2.21. The average molecular weight is 339 g/mol. The molecule has 2 aromatic rings. The first-order chi connectivity index (χ1) is 12.1. The summed E-state index contributed by atoms with van der Waals surface area (Å²) in [6.45, 7) is 5.64. The van der Waals surface area contributed by atoms with Crippen LogP contribution in [0.5, 0.6) is 0 Å².